The van der Waals surface area contributed by atoms with E-state index in [1.165, 1.54) is 5.56 Å². The molecule has 1 aliphatic heterocycles. The van der Waals surface area contributed by atoms with Crippen LogP contribution in [-0.2, 0) is 16.0 Å². The van der Waals surface area contributed by atoms with Crippen LogP contribution in [0.15, 0.2) is 53.2 Å². The molecule has 1 aliphatic rings. The lowest BCUT2D eigenvalue weighted by molar-refractivity contribution is -0.120. The number of hydrogen-bond donors (Lipinski definition) is 1. The van der Waals surface area contributed by atoms with Crippen molar-refractivity contribution >= 4 is 34.8 Å². The molecule has 0 bridgehead atoms. The largest absolute Gasteiger partial charge is 0.350 e. The van der Waals surface area contributed by atoms with Gasteiger partial charge in [-0.15, -0.1) is 0 Å². The van der Waals surface area contributed by atoms with Crippen LogP contribution in [0.5, 0.6) is 0 Å². The molecule has 0 unspecified atom stereocenters. The number of anilines is 2. The second kappa shape index (κ2) is 7.97. The van der Waals surface area contributed by atoms with Gasteiger partial charge in [-0.05, 0) is 67.6 Å². The van der Waals surface area contributed by atoms with Gasteiger partial charge >= 0.3 is 0 Å². The van der Waals surface area contributed by atoms with Gasteiger partial charge in [0, 0.05) is 5.69 Å². The van der Waals surface area contributed by atoms with Crippen LogP contribution in [0.1, 0.15) is 36.5 Å². The van der Waals surface area contributed by atoms with Crippen molar-refractivity contribution < 1.29 is 9.59 Å². The zero-order chi connectivity index (χ0) is 19.6. The zero-order valence-corrected chi connectivity index (χ0v) is 16.6. The molecule has 4 nitrogen and oxygen atoms in total. The Balaban J connectivity index is 1.81. The minimum Gasteiger partial charge on any atom is -0.350 e. The average Bonchev–Trinajstić information content (AvgIpc) is 2.87. The third-order valence-corrected chi connectivity index (χ3v) is 5.17. The van der Waals surface area contributed by atoms with Gasteiger partial charge in [-0.25, -0.2) is 4.90 Å². The highest BCUT2D eigenvalue weighted by Crippen LogP contribution is 2.31. The number of unbranched alkanes of at least 4 members (excludes halogenated alkanes) is 1. The van der Waals surface area contributed by atoms with Gasteiger partial charge in [0.2, 0.25) is 0 Å². The van der Waals surface area contributed by atoms with Gasteiger partial charge in [0.05, 0.1) is 5.69 Å². The first kappa shape index (κ1) is 19.2. The second-order valence-corrected chi connectivity index (χ2v) is 7.21. The molecule has 0 atom stereocenters. The summed E-state index contributed by atoms with van der Waals surface area (Å²) in [7, 11) is 0. The highest BCUT2D eigenvalue weighted by molar-refractivity contribution is 6.53. The number of aryl methyl sites for hydroxylation is 3. The van der Waals surface area contributed by atoms with Gasteiger partial charge < -0.3 is 5.32 Å². The zero-order valence-electron chi connectivity index (χ0n) is 15.8. The smallest absolute Gasteiger partial charge is 0.283 e. The maximum Gasteiger partial charge on any atom is 0.283 e. The Morgan fingerprint density at radius 1 is 0.963 bits per heavy atom. The fourth-order valence-electron chi connectivity index (χ4n) is 2.99. The Labute approximate surface area is 164 Å². The number of amides is 2. The summed E-state index contributed by atoms with van der Waals surface area (Å²) in [6.45, 7) is 6.09. The highest BCUT2D eigenvalue weighted by atomic mass is 35.5. The lowest BCUT2D eigenvalue weighted by atomic mass is 10.1. The van der Waals surface area contributed by atoms with Crippen molar-refractivity contribution in [3.63, 3.8) is 0 Å². The summed E-state index contributed by atoms with van der Waals surface area (Å²) in [5.74, 6) is -0.949. The summed E-state index contributed by atoms with van der Waals surface area (Å²) in [5, 5.41) is 2.93. The number of nitrogens with one attached hydrogen (secondary N) is 1. The molecule has 0 saturated carbocycles. The number of imide groups is 1. The lowest BCUT2D eigenvalue weighted by Crippen LogP contribution is -2.32. The summed E-state index contributed by atoms with van der Waals surface area (Å²) in [5.41, 5.74) is 4.71. The first-order valence-corrected chi connectivity index (χ1v) is 9.52. The molecule has 2 aromatic rings. The second-order valence-electron chi connectivity index (χ2n) is 6.83. The van der Waals surface area contributed by atoms with Gasteiger partial charge in [-0.3, -0.25) is 9.59 Å². The van der Waals surface area contributed by atoms with Crippen LogP contribution in [0.3, 0.4) is 0 Å². The summed E-state index contributed by atoms with van der Waals surface area (Å²) < 4.78 is 0. The van der Waals surface area contributed by atoms with Crippen LogP contribution < -0.4 is 10.2 Å². The van der Waals surface area contributed by atoms with Crippen molar-refractivity contribution in [2.75, 3.05) is 10.2 Å². The van der Waals surface area contributed by atoms with Gasteiger partial charge in [0.15, 0.2) is 0 Å². The molecular weight excluding hydrogens is 360 g/mol. The van der Waals surface area contributed by atoms with Crippen LogP contribution >= 0.6 is 11.6 Å². The molecule has 0 spiro atoms. The van der Waals surface area contributed by atoms with Crippen molar-refractivity contribution in [3.8, 4) is 0 Å². The van der Waals surface area contributed by atoms with E-state index in [0.29, 0.717) is 5.69 Å². The van der Waals surface area contributed by atoms with Gasteiger partial charge in [-0.1, -0.05) is 43.1 Å². The Hall–Kier alpha value is -2.59. The van der Waals surface area contributed by atoms with E-state index in [0.717, 1.165) is 41.0 Å². The minimum absolute atomic E-state index is 0.0895. The summed E-state index contributed by atoms with van der Waals surface area (Å²) >= 11 is 6.19. The number of nitrogens with zero attached hydrogens (tertiary/aromatic N) is 1. The molecule has 0 fully saturated rings. The van der Waals surface area contributed by atoms with E-state index >= 15 is 0 Å². The Morgan fingerprint density at radius 2 is 1.67 bits per heavy atom. The first-order chi connectivity index (χ1) is 12.9. The van der Waals surface area contributed by atoms with Crippen LogP contribution in [0.4, 0.5) is 11.4 Å². The molecule has 140 valence electrons. The fourth-order valence-corrected chi connectivity index (χ4v) is 3.20. The van der Waals surface area contributed by atoms with E-state index in [9.17, 15) is 9.59 Å². The minimum atomic E-state index is -0.507. The normalized spacial score (nSPS) is 14.3. The molecule has 27 heavy (non-hydrogen) atoms. The molecule has 0 aromatic heterocycles. The quantitative estimate of drug-likeness (QED) is 0.708. The monoisotopic (exact) mass is 382 g/mol. The Morgan fingerprint density at radius 3 is 2.30 bits per heavy atom. The predicted molar refractivity (Wildman–Crippen MR) is 110 cm³/mol. The molecule has 0 radical (unpaired) electrons. The van der Waals surface area contributed by atoms with Gasteiger partial charge in [-0.2, -0.15) is 0 Å². The van der Waals surface area contributed by atoms with Crippen LogP contribution in [0, 0.1) is 13.8 Å². The Kier molecular flexibility index (Phi) is 5.66. The topological polar surface area (TPSA) is 49.4 Å². The van der Waals surface area contributed by atoms with Gasteiger partial charge in [0.25, 0.3) is 11.8 Å². The summed E-state index contributed by atoms with van der Waals surface area (Å²) in [6, 6.07) is 13.3. The van der Waals surface area contributed by atoms with E-state index in [1.807, 2.05) is 50.2 Å². The lowest BCUT2D eigenvalue weighted by Gasteiger charge is -2.16. The van der Waals surface area contributed by atoms with E-state index in [1.54, 1.807) is 6.07 Å². The molecule has 2 amide bonds. The number of hydrogen-bond acceptors (Lipinski definition) is 3. The van der Waals surface area contributed by atoms with Crippen molar-refractivity contribution in [1.82, 2.24) is 0 Å². The number of carbonyl (C=O) groups excluding carboxylic acids is 2. The van der Waals surface area contributed by atoms with Crippen molar-refractivity contribution in [1.29, 1.82) is 0 Å². The third kappa shape index (κ3) is 3.91. The number of halogens is 1. The first-order valence-electron chi connectivity index (χ1n) is 9.14. The summed E-state index contributed by atoms with van der Waals surface area (Å²) in [4.78, 5) is 26.5. The van der Waals surface area contributed by atoms with Crippen LogP contribution in [-0.4, -0.2) is 11.8 Å². The maximum atomic E-state index is 12.8. The standard InChI is InChI=1S/C22H23ClN2O2/c1-4-5-6-16-8-10-17(11-9-16)24-20-19(23)21(26)25(22(20)27)18-12-7-14(2)15(3)13-18/h7-13,24H,4-6H2,1-3H3. The highest BCUT2D eigenvalue weighted by Gasteiger charge is 2.39. The number of rotatable bonds is 6. The molecule has 0 saturated heterocycles. The molecule has 0 aliphatic carbocycles. The van der Waals surface area contributed by atoms with Crippen molar-refractivity contribution in [3.05, 3.63) is 69.9 Å². The predicted octanol–water partition coefficient (Wildman–Crippen LogP) is 5.08. The molecular formula is C22H23ClN2O2. The molecule has 2 aromatic carbocycles. The van der Waals surface area contributed by atoms with E-state index < -0.39 is 11.8 Å². The third-order valence-electron chi connectivity index (χ3n) is 4.82. The van der Waals surface area contributed by atoms with Crippen molar-refractivity contribution in [2.45, 2.75) is 40.0 Å². The molecule has 3 rings (SSSR count). The van der Waals surface area contributed by atoms with Crippen LogP contribution in [0.2, 0.25) is 0 Å². The SMILES string of the molecule is CCCCc1ccc(NC2=C(Cl)C(=O)N(c3ccc(C)c(C)c3)C2=O)cc1. The van der Waals surface area contributed by atoms with Gasteiger partial charge in [0.1, 0.15) is 10.7 Å². The molecule has 1 heterocycles. The van der Waals surface area contributed by atoms with Crippen molar-refractivity contribution in [2.24, 2.45) is 0 Å². The number of carbonyl (C=O) groups is 2. The average molecular weight is 383 g/mol. The maximum absolute atomic E-state index is 12.8. The fraction of sp³-hybridized carbons (Fsp3) is 0.273. The van der Waals surface area contributed by atoms with E-state index in [-0.39, 0.29) is 10.7 Å². The van der Waals surface area contributed by atoms with E-state index in [2.05, 4.69) is 12.2 Å². The van der Waals surface area contributed by atoms with E-state index in [4.69, 9.17) is 11.6 Å². The molecule has 5 heteroatoms. The number of benzene rings is 2. The summed E-state index contributed by atoms with van der Waals surface area (Å²) in [6.07, 6.45) is 3.31. The molecule has 1 N–H and O–H groups in total. The Bertz CT molecular complexity index is 916. The van der Waals surface area contributed by atoms with Crippen LogP contribution in [0.25, 0.3) is 0 Å².